The van der Waals surface area contributed by atoms with Crippen LogP contribution < -0.4 is 0 Å². The molecule has 0 unspecified atom stereocenters. The fourth-order valence-corrected chi connectivity index (χ4v) is 4.57. The Bertz CT molecular complexity index is 954. The lowest BCUT2D eigenvalue weighted by molar-refractivity contribution is 0.224. The fourth-order valence-electron chi connectivity index (χ4n) is 2.99. The molecule has 0 N–H and O–H groups in total. The molecule has 6 nitrogen and oxygen atoms in total. The van der Waals surface area contributed by atoms with E-state index < -0.39 is 10.0 Å². The Kier molecular flexibility index (Phi) is 7.01. The van der Waals surface area contributed by atoms with E-state index in [1.807, 2.05) is 31.3 Å². The molecule has 0 atom stereocenters. The molecule has 0 aliphatic heterocycles. The van der Waals surface area contributed by atoms with Gasteiger partial charge in [-0.2, -0.15) is 4.31 Å². The van der Waals surface area contributed by atoms with E-state index in [9.17, 15) is 8.42 Å². The zero-order valence-corrected chi connectivity index (χ0v) is 17.7. The zero-order valence-electron chi connectivity index (χ0n) is 16.1. The molecule has 0 radical (unpaired) electrons. The molecule has 0 saturated heterocycles. The monoisotopic (exact) mass is 419 g/mol. The second-order valence-corrected chi connectivity index (χ2v) is 9.66. The topological polar surface area (TPSA) is 66.7 Å². The first-order chi connectivity index (χ1) is 13.4. The predicted molar refractivity (Wildman–Crippen MR) is 111 cm³/mol. The van der Waals surface area contributed by atoms with E-state index in [4.69, 9.17) is 4.42 Å². The summed E-state index contributed by atoms with van der Waals surface area (Å²) in [6.07, 6.45) is 4.87. The molecule has 3 rings (SSSR count). The molecule has 3 heterocycles. The van der Waals surface area contributed by atoms with E-state index in [1.54, 1.807) is 17.5 Å². The molecule has 0 bridgehead atoms. The van der Waals surface area contributed by atoms with Crippen LogP contribution in [0.1, 0.15) is 28.9 Å². The van der Waals surface area contributed by atoms with Crippen LogP contribution in [-0.2, 0) is 36.2 Å². The van der Waals surface area contributed by atoms with Gasteiger partial charge in [0, 0.05) is 36.9 Å². The number of aromatic nitrogens is 1. The molecule has 0 aliphatic rings. The van der Waals surface area contributed by atoms with Gasteiger partial charge in [0.1, 0.15) is 11.5 Å². The van der Waals surface area contributed by atoms with Crippen LogP contribution in [0.4, 0.5) is 0 Å². The van der Waals surface area contributed by atoms with Crippen molar-refractivity contribution in [3.8, 4) is 0 Å². The van der Waals surface area contributed by atoms with E-state index in [0.717, 1.165) is 24.4 Å². The molecule has 8 heteroatoms. The lowest BCUT2D eigenvalue weighted by Crippen LogP contribution is -2.29. The Labute approximate surface area is 170 Å². The third kappa shape index (κ3) is 6.00. The maximum Gasteiger partial charge on any atom is 0.211 e. The first-order valence-electron chi connectivity index (χ1n) is 9.10. The van der Waals surface area contributed by atoms with Gasteiger partial charge in [0.15, 0.2) is 0 Å². The molecule has 0 fully saturated rings. The van der Waals surface area contributed by atoms with Crippen molar-refractivity contribution in [2.24, 2.45) is 0 Å². The van der Waals surface area contributed by atoms with Crippen LogP contribution in [0.5, 0.6) is 0 Å². The number of rotatable bonds is 10. The van der Waals surface area contributed by atoms with Crippen molar-refractivity contribution >= 4 is 21.4 Å². The number of thiophene rings is 1. The summed E-state index contributed by atoms with van der Waals surface area (Å²) in [6.45, 7) is 4.70. The predicted octanol–water partition coefficient (Wildman–Crippen LogP) is 3.72. The molecule has 0 amide bonds. The lowest BCUT2D eigenvalue weighted by Gasteiger charge is -2.20. The minimum absolute atomic E-state index is 0.253. The van der Waals surface area contributed by atoms with Crippen molar-refractivity contribution in [2.75, 3.05) is 12.8 Å². The van der Waals surface area contributed by atoms with Crippen LogP contribution in [-0.4, -0.2) is 35.4 Å². The molecule has 150 valence electrons. The van der Waals surface area contributed by atoms with Crippen LogP contribution in [0.2, 0.25) is 0 Å². The van der Waals surface area contributed by atoms with E-state index >= 15 is 0 Å². The Hall–Kier alpha value is -2.00. The maximum absolute atomic E-state index is 11.8. The van der Waals surface area contributed by atoms with E-state index in [1.165, 1.54) is 15.4 Å². The molecule has 0 spiro atoms. The average molecular weight is 420 g/mol. The van der Waals surface area contributed by atoms with Crippen molar-refractivity contribution in [1.82, 2.24) is 14.2 Å². The molecule has 0 saturated carbocycles. The summed E-state index contributed by atoms with van der Waals surface area (Å²) in [4.78, 5) is 7.77. The molecule has 0 aliphatic carbocycles. The quantitative estimate of drug-likeness (QED) is 0.501. The molecular weight excluding hydrogens is 394 g/mol. The SMILES string of the molecule is CCN(Cc1ccc(CN(Cc2cccnc2)Cc2cccs2)o1)S(C)(=O)=O. The molecule has 28 heavy (non-hydrogen) atoms. The van der Waals surface area contributed by atoms with E-state index in [-0.39, 0.29) is 6.54 Å². The Morgan fingerprint density at radius 3 is 2.43 bits per heavy atom. The minimum Gasteiger partial charge on any atom is -0.463 e. The van der Waals surface area contributed by atoms with Gasteiger partial charge in [-0.1, -0.05) is 19.1 Å². The highest BCUT2D eigenvalue weighted by molar-refractivity contribution is 7.88. The van der Waals surface area contributed by atoms with Crippen LogP contribution in [0.3, 0.4) is 0 Å². The first kappa shape index (κ1) is 20.7. The number of hydrogen-bond donors (Lipinski definition) is 0. The number of hydrogen-bond acceptors (Lipinski definition) is 6. The molecular formula is C20H25N3O3S2. The largest absolute Gasteiger partial charge is 0.463 e. The van der Waals surface area contributed by atoms with Crippen molar-refractivity contribution in [3.63, 3.8) is 0 Å². The van der Waals surface area contributed by atoms with Crippen molar-refractivity contribution < 1.29 is 12.8 Å². The third-order valence-electron chi connectivity index (χ3n) is 4.34. The normalized spacial score (nSPS) is 12.1. The number of nitrogens with zero attached hydrogens (tertiary/aromatic N) is 3. The van der Waals surface area contributed by atoms with Crippen LogP contribution >= 0.6 is 11.3 Å². The lowest BCUT2D eigenvalue weighted by atomic mass is 10.2. The van der Waals surface area contributed by atoms with Crippen molar-refractivity contribution in [1.29, 1.82) is 0 Å². The third-order valence-corrected chi connectivity index (χ3v) is 6.53. The van der Waals surface area contributed by atoms with Crippen molar-refractivity contribution in [2.45, 2.75) is 33.1 Å². The summed E-state index contributed by atoms with van der Waals surface area (Å²) >= 11 is 1.73. The standard InChI is InChI=1S/C20H25N3O3S2/c1-3-23(28(2,24)25)15-19-9-8-18(26-19)14-22(16-20-7-5-11-27-20)13-17-6-4-10-21-12-17/h4-12H,3,13-16H2,1-2H3. The highest BCUT2D eigenvalue weighted by Gasteiger charge is 2.17. The Morgan fingerprint density at radius 2 is 1.82 bits per heavy atom. The summed E-state index contributed by atoms with van der Waals surface area (Å²) in [5, 5.41) is 2.08. The highest BCUT2D eigenvalue weighted by Crippen LogP contribution is 2.19. The van der Waals surface area contributed by atoms with Gasteiger partial charge in [-0.3, -0.25) is 9.88 Å². The van der Waals surface area contributed by atoms with Gasteiger partial charge < -0.3 is 4.42 Å². The van der Waals surface area contributed by atoms with Crippen LogP contribution in [0, 0.1) is 0 Å². The van der Waals surface area contributed by atoms with Gasteiger partial charge in [-0.25, -0.2) is 8.42 Å². The van der Waals surface area contributed by atoms with E-state index in [0.29, 0.717) is 18.8 Å². The summed E-state index contributed by atoms with van der Waals surface area (Å²) in [7, 11) is -3.24. The van der Waals surface area contributed by atoms with E-state index in [2.05, 4.69) is 33.5 Å². The second-order valence-electron chi connectivity index (χ2n) is 6.64. The van der Waals surface area contributed by atoms with Gasteiger partial charge in [-0.05, 0) is 35.2 Å². The molecule has 3 aromatic heterocycles. The average Bonchev–Trinajstić information content (AvgIpc) is 3.31. The van der Waals surface area contributed by atoms with Crippen LogP contribution in [0.25, 0.3) is 0 Å². The smallest absolute Gasteiger partial charge is 0.211 e. The maximum atomic E-state index is 11.8. The molecule has 0 aromatic carbocycles. The van der Waals surface area contributed by atoms with Gasteiger partial charge in [0.05, 0.1) is 19.3 Å². The van der Waals surface area contributed by atoms with Gasteiger partial charge in [-0.15, -0.1) is 11.3 Å². The minimum atomic E-state index is -3.24. The number of sulfonamides is 1. The Balaban J connectivity index is 1.71. The number of pyridine rings is 1. The second kappa shape index (κ2) is 9.47. The Morgan fingerprint density at radius 1 is 1.04 bits per heavy atom. The summed E-state index contributed by atoms with van der Waals surface area (Å²) in [6, 6.07) is 12.0. The van der Waals surface area contributed by atoms with Crippen LogP contribution in [0.15, 0.2) is 58.6 Å². The molecule has 3 aromatic rings. The summed E-state index contributed by atoms with van der Waals surface area (Å²) < 4.78 is 30.9. The first-order valence-corrected chi connectivity index (χ1v) is 11.8. The highest BCUT2D eigenvalue weighted by atomic mass is 32.2. The zero-order chi connectivity index (χ0) is 20.0. The summed E-state index contributed by atoms with van der Waals surface area (Å²) in [5.74, 6) is 1.47. The summed E-state index contributed by atoms with van der Waals surface area (Å²) in [5.41, 5.74) is 1.14. The number of furan rings is 1. The fraction of sp³-hybridized carbons (Fsp3) is 0.350. The van der Waals surface area contributed by atoms with Gasteiger partial charge in [0.25, 0.3) is 0 Å². The van der Waals surface area contributed by atoms with Crippen molar-refractivity contribution in [3.05, 3.63) is 76.1 Å². The van der Waals surface area contributed by atoms with Gasteiger partial charge in [0.2, 0.25) is 10.0 Å². The van der Waals surface area contributed by atoms with Gasteiger partial charge >= 0.3 is 0 Å².